The van der Waals surface area contributed by atoms with Crippen LogP contribution in [0.4, 0.5) is 0 Å². The van der Waals surface area contributed by atoms with Gasteiger partial charge in [0, 0.05) is 64.8 Å². The summed E-state index contributed by atoms with van der Waals surface area (Å²) in [6, 6.07) is 0. The Labute approximate surface area is 179 Å². The molecule has 1 saturated heterocycles. The predicted molar refractivity (Wildman–Crippen MR) is 112 cm³/mol. The van der Waals surface area contributed by atoms with Gasteiger partial charge in [-0.2, -0.15) is 0 Å². The first kappa shape index (κ1) is 24.6. The monoisotopic (exact) mass is 424 g/mol. The van der Waals surface area contributed by atoms with E-state index >= 15 is 0 Å². The number of aromatic nitrogens is 2. The maximum absolute atomic E-state index is 12.1. The molecular weight excluding hydrogens is 388 g/mol. The van der Waals surface area contributed by atoms with E-state index in [1.807, 2.05) is 19.3 Å². The Morgan fingerprint density at radius 2 is 1.90 bits per heavy atom. The smallest absolute Gasteiger partial charge is 0.219 e. The Morgan fingerprint density at radius 3 is 2.57 bits per heavy atom. The molecule has 1 aromatic heterocycles. The number of ether oxygens (including phenoxy) is 2. The van der Waals surface area contributed by atoms with E-state index in [-0.39, 0.29) is 19.1 Å². The van der Waals surface area contributed by atoms with Gasteiger partial charge >= 0.3 is 0 Å². The first-order valence-electron chi connectivity index (χ1n) is 10.6. The molecule has 0 aliphatic carbocycles. The zero-order valence-electron chi connectivity index (χ0n) is 18.4. The molecule has 9 heteroatoms. The lowest BCUT2D eigenvalue weighted by molar-refractivity contribution is -0.136. The summed E-state index contributed by atoms with van der Waals surface area (Å²) in [6.45, 7) is 7.16. The van der Waals surface area contributed by atoms with Crippen molar-refractivity contribution in [2.45, 2.75) is 58.0 Å². The first-order chi connectivity index (χ1) is 14.4. The van der Waals surface area contributed by atoms with Crippen molar-refractivity contribution in [2.24, 2.45) is 0 Å². The molecule has 1 aliphatic rings. The average molecular weight is 425 g/mol. The highest BCUT2D eigenvalue weighted by atomic mass is 16.5. The van der Waals surface area contributed by atoms with E-state index in [1.54, 1.807) is 4.90 Å². The highest BCUT2D eigenvalue weighted by molar-refractivity contribution is 5.73. The standard InChI is InChI=1S/C21H36N4O5/c1-16-22-11-18(12-23-16)13-24-7-4-5-10-30-15-19(27)21(28)20(29-3)14-25(17(2)26)9-6-8-24/h11-12,19-21,27-28H,4-10,13-15H2,1-3H3/t19-,20-,21-/m0/s1. The molecule has 170 valence electrons. The SMILES string of the molecule is CO[C@H]1CN(C(C)=O)CCCN(Cc2cnc(C)nc2)CCCCOC[C@H](O)[C@@H]1O. The van der Waals surface area contributed by atoms with Gasteiger partial charge in [-0.05, 0) is 32.7 Å². The minimum absolute atomic E-state index is 0.0333. The molecule has 3 atom stereocenters. The molecule has 1 amide bonds. The van der Waals surface area contributed by atoms with E-state index < -0.39 is 18.3 Å². The van der Waals surface area contributed by atoms with Crippen molar-refractivity contribution in [2.75, 3.05) is 46.5 Å². The molecule has 1 aliphatic heterocycles. The number of amides is 1. The Morgan fingerprint density at radius 1 is 1.20 bits per heavy atom. The van der Waals surface area contributed by atoms with Crippen LogP contribution >= 0.6 is 0 Å². The van der Waals surface area contributed by atoms with Gasteiger partial charge in [0.05, 0.1) is 6.61 Å². The summed E-state index contributed by atoms with van der Waals surface area (Å²) in [5.41, 5.74) is 1.06. The molecular formula is C21H36N4O5. The lowest BCUT2D eigenvalue weighted by Crippen LogP contribution is -2.48. The molecule has 1 aromatic rings. The van der Waals surface area contributed by atoms with Crippen molar-refractivity contribution in [1.82, 2.24) is 19.8 Å². The van der Waals surface area contributed by atoms with Crippen LogP contribution in [0.5, 0.6) is 0 Å². The van der Waals surface area contributed by atoms with Crippen LogP contribution in [-0.2, 0) is 20.8 Å². The Kier molecular flexibility index (Phi) is 10.6. The van der Waals surface area contributed by atoms with E-state index in [9.17, 15) is 15.0 Å². The molecule has 9 nitrogen and oxygen atoms in total. The van der Waals surface area contributed by atoms with Crippen LogP contribution in [0.1, 0.15) is 37.6 Å². The normalized spacial score (nSPS) is 26.0. The van der Waals surface area contributed by atoms with Gasteiger partial charge in [0.2, 0.25) is 5.91 Å². The van der Waals surface area contributed by atoms with E-state index in [4.69, 9.17) is 9.47 Å². The van der Waals surface area contributed by atoms with Crippen LogP contribution in [0, 0.1) is 6.92 Å². The second-order valence-corrected chi connectivity index (χ2v) is 7.85. The summed E-state index contributed by atoms with van der Waals surface area (Å²) in [7, 11) is 1.47. The lowest BCUT2D eigenvalue weighted by atomic mass is 10.1. The van der Waals surface area contributed by atoms with Gasteiger partial charge < -0.3 is 24.6 Å². The van der Waals surface area contributed by atoms with E-state index in [0.29, 0.717) is 13.2 Å². The number of methoxy groups -OCH3 is 1. The average Bonchev–Trinajstić information content (AvgIpc) is 2.73. The summed E-state index contributed by atoms with van der Waals surface area (Å²) in [6.07, 6.45) is 3.44. The quantitative estimate of drug-likeness (QED) is 0.717. The van der Waals surface area contributed by atoms with E-state index in [0.717, 1.165) is 50.3 Å². The van der Waals surface area contributed by atoms with Crippen molar-refractivity contribution in [3.8, 4) is 0 Å². The van der Waals surface area contributed by atoms with Gasteiger partial charge in [0.1, 0.15) is 24.1 Å². The maximum Gasteiger partial charge on any atom is 0.219 e. The molecule has 0 unspecified atom stereocenters. The summed E-state index contributed by atoms with van der Waals surface area (Å²) in [5, 5.41) is 20.6. The highest BCUT2D eigenvalue weighted by Crippen LogP contribution is 2.11. The minimum atomic E-state index is -1.12. The molecule has 0 bridgehead atoms. The van der Waals surface area contributed by atoms with Gasteiger partial charge in [0.25, 0.3) is 0 Å². The second kappa shape index (κ2) is 12.9. The van der Waals surface area contributed by atoms with Crippen LogP contribution in [0.2, 0.25) is 0 Å². The molecule has 1 fully saturated rings. The van der Waals surface area contributed by atoms with Gasteiger partial charge in [0.15, 0.2) is 0 Å². The highest BCUT2D eigenvalue weighted by Gasteiger charge is 2.29. The fraction of sp³-hybridized carbons (Fsp3) is 0.762. The maximum atomic E-state index is 12.1. The summed E-state index contributed by atoms with van der Waals surface area (Å²) in [4.78, 5) is 24.7. The topological polar surface area (TPSA) is 108 Å². The van der Waals surface area contributed by atoms with Crippen molar-refractivity contribution in [1.29, 1.82) is 0 Å². The number of hydrogen-bond donors (Lipinski definition) is 2. The number of hydrogen-bond acceptors (Lipinski definition) is 8. The van der Waals surface area contributed by atoms with Crippen LogP contribution in [0.3, 0.4) is 0 Å². The van der Waals surface area contributed by atoms with Crippen molar-refractivity contribution in [3.63, 3.8) is 0 Å². The molecule has 0 aromatic carbocycles. The zero-order valence-corrected chi connectivity index (χ0v) is 18.4. The number of carbonyl (C=O) groups is 1. The fourth-order valence-electron chi connectivity index (χ4n) is 3.52. The van der Waals surface area contributed by atoms with E-state index in [2.05, 4.69) is 14.9 Å². The molecule has 2 heterocycles. The number of aryl methyl sites for hydroxylation is 1. The number of aliphatic hydroxyl groups is 2. The van der Waals surface area contributed by atoms with Crippen molar-refractivity contribution in [3.05, 3.63) is 23.8 Å². The molecule has 0 radical (unpaired) electrons. The third-order valence-corrected chi connectivity index (χ3v) is 5.37. The van der Waals surface area contributed by atoms with Crippen molar-refractivity contribution < 1.29 is 24.5 Å². The Bertz CT molecular complexity index is 630. The van der Waals surface area contributed by atoms with Gasteiger partial charge in [-0.1, -0.05) is 0 Å². The molecule has 0 spiro atoms. The zero-order chi connectivity index (χ0) is 21.9. The van der Waals surface area contributed by atoms with E-state index in [1.165, 1.54) is 14.0 Å². The summed E-state index contributed by atoms with van der Waals surface area (Å²) < 4.78 is 10.9. The number of nitrogens with zero attached hydrogens (tertiary/aromatic N) is 4. The number of aliphatic hydroxyl groups excluding tert-OH is 2. The second-order valence-electron chi connectivity index (χ2n) is 7.85. The minimum Gasteiger partial charge on any atom is -0.388 e. The largest absolute Gasteiger partial charge is 0.388 e. The Balaban J connectivity index is 2.05. The predicted octanol–water partition coefficient (Wildman–Crippen LogP) is 0.373. The molecule has 2 N–H and O–H groups in total. The fourth-order valence-corrected chi connectivity index (χ4v) is 3.52. The van der Waals surface area contributed by atoms with Crippen LogP contribution < -0.4 is 0 Å². The number of rotatable bonds is 3. The lowest BCUT2D eigenvalue weighted by Gasteiger charge is -2.31. The third-order valence-electron chi connectivity index (χ3n) is 5.37. The van der Waals surface area contributed by atoms with Crippen LogP contribution in [0.15, 0.2) is 12.4 Å². The first-order valence-corrected chi connectivity index (χ1v) is 10.6. The van der Waals surface area contributed by atoms with Gasteiger partial charge in [-0.25, -0.2) is 9.97 Å². The van der Waals surface area contributed by atoms with Crippen LogP contribution in [0.25, 0.3) is 0 Å². The third kappa shape index (κ3) is 8.23. The number of carbonyl (C=O) groups excluding carboxylic acids is 1. The van der Waals surface area contributed by atoms with Crippen molar-refractivity contribution >= 4 is 5.91 Å². The molecule has 2 rings (SSSR count). The summed E-state index contributed by atoms with van der Waals surface area (Å²) >= 11 is 0. The van der Waals surface area contributed by atoms with Crippen LogP contribution in [-0.4, -0.2) is 101 Å². The molecule has 30 heavy (non-hydrogen) atoms. The Hall–Kier alpha value is -1.65. The van der Waals surface area contributed by atoms with Gasteiger partial charge in [-0.3, -0.25) is 9.69 Å². The summed E-state index contributed by atoms with van der Waals surface area (Å²) in [5.74, 6) is 0.667. The van der Waals surface area contributed by atoms with Gasteiger partial charge in [-0.15, -0.1) is 0 Å². The molecule has 0 saturated carbocycles.